The summed E-state index contributed by atoms with van der Waals surface area (Å²) in [6, 6.07) is 13.0. The molecule has 0 saturated heterocycles. The summed E-state index contributed by atoms with van der Waals surface area (Å²) < 4.78 is 26.5. The van der Waals surface area contributed by atoms with E-state index in [1.165, 1.54) is 10.6 Å². The molecule has 1 aliphatic carbocycles. The zero-order chi connectivity index (χ0) is 27.2. The van der Waals surface area contributed by atoms with Crippen LogP contribution < -0.4 is 9.62 Å². The fourth-order valence-electron chi connectivity index (χ4n) is 4.87. The Balaban J connectivity index is 1.73. The van der Waals surface area contributed by atoms with Crippen LogP contribution in [0.2, 0.25) is 0 Å². The SMILES string of the molecule is Cc1cccc(CN(C(=O)CCCN(c2ccc(C)c(C)c2)S(C)(=O)=O)[C@@H](C)C(=O)NC2CCCC2)c1. The molecular formula is C29H41N3O4S. The number of anilines is 1. The molecule has 1 fully saturated rings. The van der Waals surface area contributed by atoms with Crippen LogP contribution in [0.3, 0.4) is 0 Å². The maximum atomic E-state index is 13.5. The molecule has 37 heavy (non-hydrogen) atoms. The topological polar surface area (TPSA) is 86.8 Å². The van der Waals surface area contributed by atoms with Gasteiger partial charge < -0.3 is 10.2 Å². The minimum Gasteiger partial charge on any atom is -0.352 e. The fraction of sp³-hybridized carbons (Fsp3) is 0.517. The summed E-state index contributed by atoms with van der Waals surface area (Å²) in [4.78, 5) is 28.2. The number of nitrogens with zero attached hydrogens (tertiary/aromatic N) is 2. The van der Waals surface area contributed by atoms with Gasteiger partial charge in [0.1, 0.15) is 6.04 Å². The van der Waals surface area contributed by atoms with E-state index in [2.05, 4.69) is 5.32 Å². The Morgan fingerprint density at radius 3 is 2.35 bits per heavy atom. The number of carbonyl (C=O) groups is 2. The predicted octanol–water partition coefficient (Wildman–Crippen LogP) is 4.63. The lowest BCUT2D eigenvalue weighted by molar-refractivity contribution is -0.141. The van der Waals surface area contributed by atoms with Crippen LogP contribution in [0.25, 0.3) is 0 Å². The van der Waals surface area contributed by atoms with E-state index in [-0.39, 0.29) is 30.8 Å². The first-order valence-electron chi connectivity index (χ1n) is 13.2. The third-order valence-electron chi connectivity index (χ3n) is 7.23. The molecule has 0 spiro atoms. The standard InChI is InChI=1S/C29H41N3O4S/c1-21-10-8-11-25(18-21)20-31(24(4)29(34)30-26-12-6-7-13-26)28(33)14-9-17-32(37(5,35)36)27-16-15-22(2)23(3)19-27/h8,10-11,15-16,18-19,24,26H,6-7,9,12-14,17,20H2,1-5H3,(H,30,34)/t24-/m0/s1. The molecule has 0 radical (unpaired) electrons. The Kier molecular flexibility index (Phi) is 9.76. The third-order valence-corrected chi connectivity index (χ3v) is 8.43. The van der Waals surface area contributed by atoms with Gasteiger partial charge in [0, 0.05) is 25.6 Å². The Morgan fingerprint density at radius 2 is 1.73 bits per heavy atom. The molecule has 0 unspecified atom stereocenters. The van der Waals surface area contributed by atoms with Crippen molar-refractivity contribution < 1.29 is 18.0 Å². The minimum absolute atomic E-state index is 0.138. The van der Waals surface area contributed by atoms with Gasteiger partial charge >= 0.3 is 0 Å². The zero-order valence-electron chi connectivity index (χ0n) is 22.8. The lowest BCUT2D eigenvalue weighted by atomic mass is 10.1. The van der Waals surface area contributed by atoms with Crippen LogP contribution >= 0.6 is 0 Å². The van der Waals surface area contributed by atoms with Gasteiger partial charge in [-0.2, -0.15) is 0 Å². The number of benzene rings is 2. The number of aryl methyl sites for hydroxylation is 3. The van der Waals surface area contributed by atoms with Gasteiger partial charge in [0.05, 0.1) is 11.9 Å². The van der Waals surface area contributed by atoms with Gasteiger partial charge in [0.25, 0.3) is 0 Å². The van der Waals surface area contributed by atoms with Crippen molar-refractivity contribution in [1.29, 1.82) is 0 Å². The lowest BCUT2D eigenvalue weighted by Crippen LogP contribution is -2.49. The van der Waals surface area contributed by atoms with Crippen LogP contribution in [0.15, 0.2) is 42.5 Å². The smallest absolute Gasteiger partial charge is 0.242 e. The van der Waals surface area contributed by atoms with E-state index in [4.69, 9.17) is 0 Å². The predicted molar refractivity (Wildman–Crippen MR) is 149 cm³/mol. The zero-order valence-corrected chi connectivity index (χ0v) is 23.6. The number of nitrogens with one attached hydrogen (secondary N) is 1. The van der Waals surface area contributed by atoms with Crippen molar-refractivity contribution in [2.75, 3.05) is 17.1 Å². The Hall–Kier alpha value is -2.87. The van der Waals surface area contributed by atoms with E-state index in [0.29, 0.717) is 18.7 Å². The number of hydrogen-bond acceptors (Lipinski definition) is 4. The quantitative estimate of drug-likeness (QED) is 0.461. The molecule has 3 rings (SSSR count). The number of amides is 2. The molecule has 0 bridgehead atoms. The molecule has 202 valence electrons. The van der Waals surface area contributed by atoms with Gasteiger partial charge in [-0.1, -0.05) is 48.7 Å². The molecule has 0 aromatic heterocycles. The Bertz CT molecular complexity index is 1210. The van der Waals surface area contributed by atoms with Crippen LogP contribution in [0.4, 0.5) is 5.69 Å². The Morgan fingerprint density at radius 1 is 1.03 bits per heavy atom. The normalized spacial score (nSPS) is 14.8. The van der Waals surface area contributed by atoms with E-state index in [9.17, 15) is 18.0 Å². The first kappa shape index (κ1) is 28.7. The van der Waals surface area contributed by atoms with Crippen LogP contribution in [0.1, 0.15) is 67.7 Å². The molecule has 1 atom stereocenters. The summed E-state index contributed by atoms with van der Waals surface area (Å²) in [5.74, 6) is -0.301. The average molecular weight is 528 g/mol. The minimum atomic E-state index is -3.52. The van der Waals surface area contributed by atoms with Crippen molar-refractivity contribution >= 4 is 27.5 Å². The highest BCUT2D eigenvalue weighted by atomic mass is 32.2. The summed E-state index contributed by atoms with van der Waals surface area (Å²) in [5.41, 5.74) is 4.74. The molecule has 2 amide bonds. The highest BCUT2D eigenvalue weighted by Gasteiger charge is 2.28. The van der Waals surface area contributed by atoms with E-state index >= 15 is 0 Å². The second-order valence-electron chi connectivity index (χ2n) is 10.4. The molecule has 0 aliphatic heterocycles. The number of carbonyl (C=O) groups excluding carboxylic acids is 2. The van der Waals surface area contributed by atoms with Crippen LogP contribution in [-0.4, -0.2) is 50.0 Å². The maximum absolute atomic E-state index is 13.5. The molecule has 1 saturated carbocycles. The summed E-state index contributed by atoms with van der Waals surface area (Å²) >= 11 is 0. The van der Waals surface area contributed by atoms with Gasteiger partial charge in [-0.25, -0.2) is 8.42 Å². The largest absolute Gasteiger partial charge is 0.352 e. The van der Waals surface area contributed by atoms with Crippen LogP contribution in [0, 0.1) is 20.8 Å². The summed E-state index contributed by atoms with van der Waals surface area (Å²) in [7, 11) is -3.52. The summed E-state index contributed by atoms with van der Waals surface area (Å²) in [6.07, 6.45) is 5.85. The second kappa shape index (κ2) is 12.6. The molecule has 1 aliphatic rings. The highest BCUT2D eigenvalue weighted by molar-refractivity contribution is 7.92. The molecule has 8 heteroatoms. The van der Waals surface area contributed by atoms with Gasteiger partial charge in [0.2, 0.25) is 21.8 Å². The van der Waals surface area contributed by atoms with Gasteiger partial charge in [-0.15, -0.1) is 0 Å². The van der Waals surface area contributed by atoms with E-state index in [1.54, 1.807) is 17.9 Å². The van der Waals surface area contributed by atoms with Crippen LogP contribution in [-0.2, 0) is 26.2 Å². The number of rotatable bonds is 11. The van der Waals surface area contributed by atoms with E-state index < -0.39 is 16.1 Å². The summed E-state index contributed by atoms with van der Waals surface area (Å²) in [6.45, 7) is 8.22. The van der Waals surface area contributed by atoms with Crippen molar-refractivity contribution in [1.82, 2.24) is 10.2 Å². The molecule has 2 aromatic rings. The van der Waals surface area contributed by atoms with Crippen molar-refractivity contribution in [3.63, 3.8) is 0 Å². The third kappa shape index (κ3) is 8.06. The Labute approximate surface area is 222 Å². The van der Waals surface area contributed by atoms with Crippen molar-refractivity contribution in [2.24, 2.45) is 0 Å². The number of hydrogen-bond donors (Lipinski definition) is 1. The average Bonchev–Trinajstić information content (AvgIpc) is 3.34. The lowest BCUT2D eigenvalue weighted by Gasteiger charge is -2.30. The van der Waals surface area contributed by atoms with Gasteiger partial charge in [-0.05, 0) is 75.8 Å². The van der Waals surface area contributed by atoms with E-state index in [1.807, 2.05) is 57.2 Å². The monoisotopic (exact) mass is 527 g/mol. The van der Waals surface area contributed by atoms with Crippen LogP contribution in [0.5, 0.6) is 0 Å². The highest BCUT2D eigenvalue weighted by Crippen LogP contribution is 2.23. The van der Waals surface area contributed by atoms with Gasteiger partial charge in [-0.3, -0.25) is 13.9 Å². The van der Waals surface area contributed by atoms with Gasteiger partial charge in [0.15, 0.2) is 0 Å². The molecule has 7 nitrogen and oxygen atoms in total. The summed E-state index contributed by atoms with van der Waals surface area (Å²) in [5, 5.41) is 3.12. The van der Waals surface area contributed by atoms with E-state index in [0.717, 1.165) is 47.9 Å². The number of sulfonamides is 1. The molecule has 1 N–H and O–H groups in total. The molecular weight excluding hydrogens is 486 g/mol. The maximum Gasteiger partial charge on any atom is 0.242 e. The first-order chi connectivity index (χ1) is 17.5. The fourth-order valence-corrected chi connectivity index (χ4v) is 5.82. The van der Waals surface area contributed by atoms with Crippen molar-refractivity contribution in [2.45, 2.75) is 84.8 Å². The second-order valence-corrected chi connectivity index (χ2v) is 12.3. The molecule has 0 heterocycles. The van der Waals surface area contributed by atoms with Crippen molar-refractivity contribution in [3.05, 3.63) is 64.7 Å². The molecule has 2 aromatic carbocycles. The first-order valence-corrected chi connectivity index (χ1v) is 15.0. The van der Waals surface area contributed by atoms with Crippen molar-refractivity contribution in [3.8, 4) is 0 Å².